The van der Waals surface area contributed by atoms with Crippen molar-refractivity contribution in [1.29, 1.82) is 0 Å². The van der Waals surface area contributed by atoms with Crippen LogP contribution in [0.5, 0.6) is 0 Å². The van der Waals surface area contributed by atoms with Crippen LogP contribution < -0.4 is 5.32 Å². The molecule has 1 aromatic rings. The minimum absolute atomic E-state index is 0.00460. The summed E-state index contributed by atoms with van der Waals surface area (Å²) in [4.78, 5) is 12.9. The van der Waals surface area contributed by atoms with Crippen molar-refractivity contribution in [3.63, 3.8) is 0 Å². The summed E-state index contributed by atoms with van der Waals surface area (Å²) in [7, 11) is 0. The fraction of sp³-hybridized carbons (Fsp3) is 0.552. The van der Waals surface area contributed by atoms with Crippen molar-refractivity contribution in [2.24, 2.45) is 5.92 Å². The van der Waals surface area contributed by atoms with Crippen LogP contribution in [0.1, 0.15) is 89.2 Å². The highest BCUT2D eigenvalue weighted by molar-refractivity contribution is 5.72. The first-order chi connectivity index (χ1) is 15.2. The Morgan fingerprint density at radius 2 is 1.34 bits per heavy atom. The number of rotatable bonds is 4. The number of benzene rings is 1. The molecule has 0 amide bonds. The van der Waals surface area contributed by atoms with Crippen molar-refractivity contribution >= 4 is 5.97 Å². The Balaban J connectivity index is 1.30. The lowest BCUT2D eigenvalue weighted by Crippen LogP contribution is -2.59. The molecular weight excluding hydrogens is 394 g/mol. The van der Waals surface area contributed by atoms with E-state index in [1.54, 1.807) is 0 Å². The molecule has 2 aliphatic carbocycles. The molecule has 32 heavy (non-hydrogen) atoms. The molecule has 172 valence electrons. The van der Waals surface area contributed by atoms with Gasteiger partial charge < -0.3 is 10.1 Å². The number of esters is 1. The summed E-state index contributed by atoms with van der Waals surface area (Å²) >= 11 is 0. The first-order valence-electron chi connectivity index (χ1n) is 12.3. The molecule has 3 heteroatoms. The Kier molecular flexibility index (Phi) is 6.76. The Labute approximate surface area is 194 Å². The highest BCUT2D eigenvalue weighted by atomic mass is 16.5. The monoisotopic (exact) mass is 433 g/mol. The zero-order valence-corrected chi connectivity index (χ0v) is 20.1. The number of allylic oxidation sites excluding steroid dienone is 6. The third kappa shape index (κ3) is 5.81. The second-order valence-corrected chi connectivity index (χ2v) is 11.3. The normalized spacial score (nSPS) is 27.8. The number of hydrogen-bond donors (Lipinski definition) is 1. The first kappa shape index (κ1) is 23.0. The van der Waals surface area contributed by atoms with Crippen molar-refractivity contribution < 1.29 is 9.53 Å². The number of carbonyl (C=O) groups excluding carboxylic acids is 1. The molecule has 1 heterocycles. The van der Waals surface area contributed by atoms with Gasteiger partial charge in [-0.3, -0.25) is 4.79 Å². The second-order valence-electron chi connectivity index (χ2n) is 11.3. The molecule has 0 spiro atoms. The van der Waals surface area contributed by atoms with Gasteiger partial charge >= 0.3 is 5.97 Å². The van der Waals surface area contributed by atoms with Gasteiger partial charge in [-0.25, -0.2) is 0 Å². The molecule has 4 rings (SSSR count). The van der Waals surface area contributed by atoms with E-state index < -0.39 is 0 Å². The van der Waals surface area contributed by atoms with E-state index in [0.717, 1.165) is 38.5 Å². The van der Waals surface area contributed by atoms with E-state index in [0.29, 0.717) is 11.8 Å². The number of hydrogen-bond acceptors (Lipinski definition) is 3. The summed E-state index contributed by atoms with van der Waals surface area (Å²) in [5.41, 5.74) is 2.72. The summed E-state index contributed by atoms with van der Waals surface area (Å²) in [6, 6.07) is 9.11. The lowest BCUT2D eigenvalue weighted by Gasteiger charge is -2.46. The lowest BCUT2D eigenvalue weighted by molar-refractivity contribution is -0.159. The highest BCUT2D eigenvalue weighted by Gasteiger charge is 2.40. The average molecular weight is 434 g/mol. The maximum atomic E-state index is 12.9. The van der Waals surface area contributed by atoms with Crippen LogP contribution in [-0.2, 0) is 9.53 Å². The van der Waals surface area contributed by atoms with Crippen LogP contribution in [-0.4, -0.2) is 23.2 Å². The predicted molar refractivity (Wildman–Crippen MR) is 132 cm³/mol. The minimum atomic E-state index is -0.00460. The molecule has 1 saturated heterocycles. The maximum absolute atomic E-state index is 12.9. The van der Waals surface area contributed by atoms with Crippen molar-refractivity contribution in [2.45, 2.75) is 95.2 Å². The molecule has 0 atom stereocenters. The number of piperidine rings is 1. The molecule has 0 bridgehead atoms. The number of carbonyl (C=O) groups is 1. The molecular formula is C29H39NO2. The first-order valence-corrected chi connectivity index (χ1v) is 12.3. The zero-order chi connectivity index (χ0) is 22.8. The SMILES string of the molecule is CC1(C)CC(OC(=O)C2CCC(c3ccc(C4C=CC=CC=C4)cc3)CC2)CC(C)(C)N1. The Morgan fingerprint density at radius 3 is 1.91 bits per heavy atom. The quantitative estimate of drug-likeness (QED) is 0.545. The van der Waals surface area contributed by atoms with Gasteiger partial charge in [-0.2, -0.15) is 0 Å². The number of ether oxygens (including phenoxy) is 1. The van der Waals surface area contributed by atoms with Crippen molar-refractivity contribution in [1.82, 2.24) is 5.32 Å². The fourth-order valence-electron chi connectivity index (χ4n) is 6.01. The van der Waals surface area contributed by atoms with Crippen LogP contribution in [0, 0.1) is 5.92 Å². The van der Waals surface area contributed by atoms with E-state index >= 15 is 0 Å². The highest BCUT2D eigenvalue weighted by Crippen LogP contribution is 2.38. The van der Waals surface area contributed by atoms with Gasteiger partial charge in [0.2, 0.25) is 0 Å². The molecule has 1 aromatic carbocycles. The molecule has 0 radical (unpaired) electrons. The zero-order valence-electron chi connectivity index (χ0n) is 20.1. The molecule has 1 saturated carbocycles. The fourth-order valence-corrected chi connectivity index (χ4v) is 6.01. The second kappa shape index (κ2) is 9.39. The predicted octanol–water partition coefficient (Wildman–Crippen LogP) is 6.58. The topological polar surface area (TPSA) is 38.3 Å². The van der Waals surface area contributed by atoms with Crippen LogP contribution in [0.4, 0.5) is 0 Å². The summed E-state index contributed by atoms with van der Waals surface area (Å²) in [6.07, 6.45) is 18.6. The molecule has 0 aromatic heterocycles. The van der Waals surface area contributed by atoms with Gasteiger partial charge in [0.05, 0.1) is 5.92 Å². The number of nitrogens with one attached hydrogen (secondary N) is 1. The third-order valence-electron chi connectivity index (χ3n) is 7.26. The van der Waals surface area contributed by atoms with Crippen LogP contribution >= 0.6 is 0 Å². The van der Waals surface area contributed by atoms with Crippen LogP contribution in [0.25, 0.3) is 0 Å². The Hall–Kier alpha value is -2.13. The summed E-state index contributed by atoms with van der Waals surface area (Å²) in [6.45, 7) is 8.80. The summed E-state index contributed by atoms with van der Waals surface area (Å²) < 4.78 is 6.04. The molecule has 3 nitrogen and oxygen atoms in total. The molecule has 3 aliphatic rings. The van der Waals surface area contributed by atoms with Crippen molar-refractivity contribution in [3.05, 3.63) is 71.8 Å². The smallest absolute Gasteiger partial charge is 0.309 e. The summed E-state index contributed by atoms with van der Waals surface area (Å²) in [5.74, 6) is 0.972. The van der Waals surface area contributed by atoms with E-state index in [1.165, 1.54) is 11.1 Å². The van der Waals surface area contributed by atoms with Gasteiger partial charge in [-0.05, 0) is 70.4 Å². The van der Waals surface area contributed by atoms with Crippen molar-refractivity contribution in [3.8, 4) is 0 Å². The van der Waals surface area contributed by atoms with E-state index in [9.17, 15) is 4.79 Å². The van der Waals surface area contributed by atoms with Crippen LogP contribution in [0.2, 0.25) is 0 Å². The van der Waals surface area contributed by atoms with Crippen LogP contribution in [0.3, 0.4) is 0 Å². The standard InChI is InChI=1S/C29H39NO2/c1-28(2)19-26(20-29(3,4)30-28)32-27(31)25-17-15-24(16-18-25)23-13-11-22(12-14-23)21-9-7-5-6-8-10-21/h5-14,21,24-26,30H,15-20H2,1-4H3. The van der Waals surface area contributed by atoms with E-state index in [2.05, 4.69) is 93.7 Å². The molecule has 2 fully saturated rings. The largest absolute Gasteiger partial charge is 0.462 e. The minimum Gasteiger partial charge on any atom is -0.462 e. The Morgan fingerprint density at radius 1 is 0.812 bits per heavy atom. The van der Waals surface area contributed by atoms with E-state index in [-0.39, 0.29) is 29.1 Å². The van der Waals surface area contributed by atoms with Gasteiger partial charge in [0.1, 0.15) is 6.10 Å². The van der Waals surface area contributed by atoms with Gasteiger partial charge in [0.15, 0.2) is 0 Å². The van der Waals surface area contributed by atoms with Gasteiger partial charge in [-0.15, -0.1) is 0 Å². The van der Waals surface area contributed by atoms with E-state index in [1.807, 2.05) is 0 Å². The summed E-state index contributed by atoms with van der Waals surface area (Å²) in [5, 5.41) is 3.66. The van der Waals surface area contributed by atoms with Crippen LogP contribution in [0.15, 0.2) is 60.7 Å². The van der Waals surface area contributed by atoms with Gasteiger partial charge in [-0.1, -0.05) is 60.7 Å². The van der Waals surface area contributed by atoms with Gasteiger partial charge in [0, 0.05) is 29.8 Å². The third-order valence-corrected chi connectivity index (χ3v) is 7.26. The van der Waals surface area contributed by atoms with Crippen molar-refractivity contribution in [2.75, 3.05) is 0 Å². The van der Waals surface area contributed by atoms with E-state index in [4.69, 9.17) is 4.74 Å². The maximum Gasteiger partial charge on any atom is 0.309 e. The molecule has 1 N–H and O–H groups in total. The average Bonchev–Trinajstić information content (AvgIpc) is 3.01. The Bertz CT molecular complexity index is 850. The molecule has 0 unspecified atom stereocenters. The lowest BCUT2D eigenvalue weighted by atomic mass is 9.78. The molecule has 1 aliphatic heterocycles. The van der Waals surface area contributed by atoms with Gasteiger partial charge in [0.25, 0.3) is 0 Å².